The molecule has 0 spiro atoms. The van der Waals surface area contributed by atoms with E-state index in [0.717, 1.165) is 5.56 Å². The number of rotatable bonds is 3. The molecule has 22 heavy (non-hydrogen) atoms. The van der Waals surface area contributed by atoms with Crippen molar-refractivity contribution in [3.8, 4) is 0 Å². The summed E-state index contributed by atoms with van der Waals surface area (Å²) >= 11 is 6.03. The molecular weight excluding hydrogens is 322 g/mol. The molecule has 0 saturated carbocycles. The van der Waals surface area contributed by atoms with E-state index in [1.54, 1.807) is 36.4 Å². The molecular formula is C16H14ClNO3S. The van der Waals surface area contributed by atoms with Gasteiger partial charge in [0, 0.05) is 12.1 Å². The molecule has 0 saturated heterocycles. The topological polar surface area (TPSA) is 54.5 Å². The first kappa shape index (κ1) is 15.1. The first-order valence-corrected chi connectivity index (χ1v) is 8.64. The number of halogens is 1. The minimum absolute atomic E-state index is 0.0322. The number of Topliss-reactive ketones (excluding diaryl/α,β-unsaturated/α-hetero) is 1. The number of benzene rings is 2. The maximum absolute atomic E-state index is 12.8. The maximum Gasteiger partial charge on any atom is 0.265 e. The van der Waals surface area contributed by atoms with Gasteiger partial charge in [-0.2, -0.15) is 0 Å². The van der Waals surface area contributed by atoms with Gasteiger partial charge >= 0.3 is 0 Å². The molecule has 2 aromatic carbocycles. The van der Waals surface area contributed by atoms with Crippen LogP contribution in [0.4, 0.5) is 5.69 Å². The van der Waals surface area contributed by atoms with Gasteiger partial charge in [-0.05, 0) is 49.2 Å². The lowest BCUT2D eigenvalue weighted by molar-refractivity contribution is 0.101. The number of sulfonamides is 1. The molecule has 114 valence electrons. The van der Waals surface area contributed by atoms with Crippen LogP contribution in [0.25, 0.3) is 0 Å². The Morgan fingerprint density at radius 3 is 2.59 bits per heavy atom. The monoisotopic (exact) mass is 335 g/mol. The molecule has 4 nitrogen and oxygen atoms in total. The smallest absolute Gasteiger partial charge is 0.265 e. The van der Waals surface area contributed by atoms with Crippen LogP contribution < -0.4 is 4.31 Å². The second kappa shape index (κ2) is 5.41. The van der Waals surface area contributed by atoms with Crippen LogP contribution in [0.3, 0.4) is 0 Å². The minimum Gasteiger partial charge on any atom is -0.295 e. The molecule has 0 aliphatic carbocycles. The summed E-state index contributed by atoms with van der Waals surface area (Å²) in [4.78, 5) is 11.5. The molecule has 1 aliphatic rings. The van der Waals surface area contributed by atoms with Gasteiger partial charge in [0.1, 0.15) is 4.90 Å². The number of hydrogen-bond acceptors (Lipinski definition) is 3. The van der Waals surface area contributed by atoms with E-state index in [1.165, 1.54) is 17.3 Å². The predicted molar refractivity (Wildman–Crippen MR) is 86.1 cm³/mol. The van der Waals surface area contributed by atoms with Gasteiger partial charge in [-0.15, -0.1) is 0 Å². The predicted octanol–water partition coefficient (Wildman–Crippen LogP) is 3.29. The van der Waals surface area contributed by atoms with Crippen molar-refractivity contribution in [3.05, 3.63) is 58.6 Å². The lowest BCUT2D eigenvalue weighted by atomic mass is 10.1. The van der Waals surface area contributed by atoms with Crippen LogP contribution in [0.15, 0.2) is 47.4 Å². The van der Waals surface area contributed by atoms with Gasteiger partial charge in [0.2, 0.25) is 0 Å². The van der Waals surface area contributed by atoms with E-state index in [4.69, 9.17) is 11.6 Å². The largest absolute Gasteiger partial charge is 0.295 e. The molecule has 6 heteroatoms. The summed E-state index contributed by atoms with van der Waals surface area (Å²) in [5, 5.41) is 0.205. The molecule has 0 unspecified atom stereocenters. The fourth-order valence-electron chi connectivity index (χ4n) is 2.61. The molecule has 0 bridgehead atoms. The average molecular weight is 336 g/mol. The number of carbonyl (C=O) groups excluding carboxylic acids is 1. The first-order chi connectivity index (χ1) is 10.4. The summed E-state index contributed by atoms with van der Waals surface area (Å²) in [6.45, 7) is 1.85. The summed E-state index contributed by atoms with van der Waals surface area (Å²) in [6.07, 6.45) is 0.583. The van der Waals surface area contributed by atoms with Crippen molar-refractivity contribution in [3.63, 3.8) is 0 Å². The number of ketones is 1. The molecule has 0 N–H and O–H groups in total. The van der Waals surface area contributed by atoms with E-state index in [-0.39, 0.29) is 15.7 Å². The highest BCUT2D eigenvalue weighted by molar-refractivity contribution is 7.93. The Morgan fingerprint density at radius 2 is 1.91 bits per heavy atom. The standard InChI is InChI=1S/C16H14ClNO3S/c1-11(19)12-6-7-15-13(10-12)8-9-18(15)22(20,21)16-5-3-2-4-14(16)17/h2-7,10H,8-9H2,1H3. The fourth-order valence-corrected chi connectivity index (χ4v) is 4.61. The van der Waals surface area contributed by atoms with Crippen LogP contribution in [0.5, 0.6) is 0 Å². The Balaban J connectivity index is 2.07. The Morgan fingerprint density at radius 1 is 1.18 bits per heavy atom. The molecule has 2 aromatic rings. The Kier molecular flexibility index (Phi) is 3.70. The normalized spacial score (nSPS) is 14.0. The van der Waals surface area contributed by atoms with Crippen LogP contribution in [0.1, 0.15) is 22.8 Å². The van der Waals surface area contributed by atoms with Gasteiger partial charge in [0.25, 0.3) is 10.0 Å². The molecule has 0 atom stereocenters. The Hall–Kier alpha value is -1.85. The highest BCUT2D eigenvalue weighted by Gasteiger charge is 2.32. The van der Waals surface area contributed by atoms with E-state index in [2.05, 4.69) is 0 Å². The summed E-state index contributed by atoms with van der Waals surface area (Å²) in [6, 6.07) is 11.5. The number of hydrogen-bond donors (Lipinski definition) is 0. The van der Waals surface area contributed by atoms with Gasteiger partial charge in [-0.3, -0.25) is 9.10 Å². The van der Waals surface area contributed by atoms with Gasteiger partial charge in [-0.25, -0.2) is 8.42 Å². The highest BCUT2D eigenvalue weighted by atomic mass is 35.5. The zero-order valence-electron chi connectivity index (χ0n) is 11.9. The second-order valence-electron chi connectivity index (χ2n) is 5.16. The highest BCUT2D eigenvalue weighted by Crippen LogP contribution is 2.35. The summed E-state index contributed by atoms with van der Waals surface area (Å²) in [5.41, 5.74) is 2.07. The van der Waals surface area contributed by atoms with Crippen LogP contribution in [0, 0.1) is 0 Å². The van der Waals surface area contributed by atoms with E-state index < -0.39 is 10.0 Å². The number of nitrogens with zero attached hydrogens (tertiary/aromatic N) is 1. The van der Waals surface area contributed by atoms with Gasteiger partial charge in [0.15, 0.2) is 5.78 Å². The second-order valence-corrected chi connectivity index (χ2v) is 7.40. The molecule has 0 fully saturated rings. The van der Waals surface area contributed by atoms with Crippen LogP contribution in [-0.2, 0) is 16.4 Å². The fraction of sp³-hybridized carbons (Fsp3) is 0.188. The lowest BCUT2D eigenvalue weighted by Gasteiger charge is -2.20. The van der Waals surface area contributed by atoms with Crippen molar-refractivity contribution in [2.45, 2.75) is 18.2 Å². The zero-order valence-corrected chi connectivity index (χ0v) is 13.5. The van der Waals surface area contributed by atoms with Crippen molar-refractivity contribution in [2.75, 3.05) is 10.8 Å². The minimum atomic E-state index is -3.70. The Bertz CT molecular complexity index is 861. The third-order valence-electron chi connectivity index (χ3n) is 3.74. The Labute approximate surface area is 134 Å². The maximum atomic E-state index is 12.8. The van der Waals surface area contributed by atoms with Crippen LogP contribution >= 0.6 is 11.6 Å². The molecule has 0 amide bonds. The van der Waals surface area contributed by atoms with Crippen LogP contribution in [-0.4, -0.2) is 20.7 Å². The van der Waals surface area contributed by atoms with Crippen molar-refractivity contribution in [2.24, 2.45) is 0 Å². The lowest BCUT2D eigenvalue weighted by Crippen LogP contribution is -2.29. The first-order valence-electron chi connectivity index (χ1n) is 6.82. The van der Waals surface area contributed by atoms with Crippen molar-refractivity contribution >= 4 is 33.1 Å². The van der Waals surface area contributed by atoms with Gasteiger partial charge < -0.3 is 0 Å². The summed E-state index contributed by atoms with van der Waals surface area (Å²) in [5.74, 6) is -0.0322. The third-order valence-corrected chi connectivity index (χ3v) is 6.06. The zero-order chi connectivity index (χ0) is 15.9. The van der Waals surface area contributed by atoms with Crippen molar-refractivity contribution in [1.29, 1.82) is 0 Å². The molecule has 0 radical (unpaired) electrons. The van der Waals surface area contributed by atoms with Crippen LogP contribution in [0.2, 0.25) is 5.02 Å². The van der Waals surface area contributed by atoms with E-state index >= 15 is 0 Å². The molecule has 1 heterocycles. The molecule has 3 rings (SSSR count). The number of carbonyl (C=O) groups is 1. The van der Waals surface area contributed by atoms with Gasteiger partial charge in [-0.1, -0.05) is 23.7 Å². The van der Waals surface area contributed by atoms with Crippen molar-refractivity contribution < 1.29 is 13.2 Å². The number of fused-ring (bicyclic) bond motifs is 1. The van der Waals surface area contributed by atoms with E-state index in [0.29, 0.717) is 24.2 Å². The summed E-state index contributed by atoms with van der Waals surface area (Å²) in [7, 11) is -3.70. The van der Waals surface area contributed by atoms with E-state index in [1.807, 2.05) is 0 Å². The van der Waals surface area contributed by atoms with E-state index in [9.17, 15) is 13.2 Å². The summed E-state index contributed by atoms with van der Waals surface area (Å²) < 4.78 is 27.0. The third kappa shape index (κ3) is 2.40. The SMILES string of the molecule is CC(=O)c1ccc2c(c1)CCN2S(=O)(=O)c1ccccc1Cl. The molecule has 1 aliphatic heterocycles. The average Bonchev–Trinajstić information content (AvgIpc) is 2.91. The van der Waals surface area contributed by atoms with Crippen molar-refractivity contribution in [1.82, 2.24) is 0 Å². The molecule has 0 aromatic heterocycles. The van der Waals surface area contributed by atoms with Gasteiger partial charge in [0.05, 0.1) is 10.7 Å². The quantitative estimate of drug-likeness (QED) is 0.809. The number of anilines is 1.